The lowest BCUT2D eigenvalue weighted by Gasteiger charge is -2.50. The van der Waals surface area contributed by atoms with Gasteiger partial charge in [0.1, 0.15) is 5.75 Å². The molecule has 2 fully saturated rings. The number of ether oxygens (including phenoxy) is 1. The van der Waals surface area contributed by atoms with Crippen molar-refractivity contribution in [2.75, 3.05) is 11.5 Å². The first-order valence-corrected chi connectivity index (χ1v) is 12.4. The maximum atomic E-state index is 12.0. The van der Waals surface area contributed by atoms with Crippen molar-refractivity contribution in [3.8, 4) is 5.75 Å². The molecule has 6 heteroatoms. The molecule has 4 rings (SSSR count). The lowest BCUT2D eigenvalue weighted by molar-refractivity contribution is 0.0102. The van der Waals surface area contributed by atoms with E-state index in [0.717, 1.165) is 43.4 Å². The Labute approximate surface area is 181 Å². The van der Waals surface area contributed by atoms with Crippen LogP contribution in [0.1, 0.15) is 51.9 Å². The lowest BCUT2D eigenvalue weighted by Crippen LogP contribution is -2.51. The topological polar surface area (TPSA) is 68.1 Å². The second kappa shape index (κ2) is 8.91. The average molecular weight is 435 g/mol. The van der Waals surface area contributed by atoms with Gasteiger partial charge in [-0.1, -0.05) is 18.5 Å². The molecule has 158 valence electrons. The van der Waals surface area contributed by atoms with E-state index in [4.69, 9.17) is 22.1 Å². The normalized spacial score (nSPS) is 27.1. The van der Waals surface area contributed by atoms with Crippen molar-refractivity contribution < 1.29 is 4.74 Å². The van der Waals surface area contributed by atoms with Gasteiger partial charge < -0.3 is 15.5 Å². The van der Waals surface area contributed by atoms with E-state index < -0.39 is 0 Å². The first-order chi connectivity index (χ1) is 14.0. The van der Waals surface area contributed by atoms with Crippen molar-refractivity contribution in [1.82, 2.24) is 4.98 Å². The summed E-state index contributed by atoms with van der Waals surface area (Å²) in [5.74, 6) is 3.97. The minimum Gasteiger partial charge on any atom is -0.489 e. The number of fused-ring (bicyclic) bond motifs is 1. The van der Waals surface area contributed by atoms with E-state index >= 15 is 0 Å². The number of hydrogen-bond donors (Lipinski definition) is 2. The highest BCUT2D eigenvalue weighted by molar-refractivity contribution is 7.99. The van der Waals surface area contributed by atoms with Gasteiger partial charge in [-0.05, 0) is 91.4 Å². The Hall–Kier alpha value is -1.17. The molecule has 0 spiro atoms. The number of aromatic nitrogens is 1. The minimum absolute atomic E-state index is 0.127. The Morgan fingerprint density at radius 3 is 2.69 bits per heavy atom. The third-order valence-electron chi connectivity index (χ3n) is 7.20. The van der Waals surface area contributed by atoms with Gasteiger partial charge in [-0.15, -0.1) is 0 Å². The molecule has 1 aliphatic heterocycles. The van der Waals surface area contributed by atoms with E-state index in [1.54, 1.807) is 12.3 Å². The van der Waals surface area contributed by atoms with Gasteiger partial charge in [0.05, 0.1) is 11.1 Å². The molecule has 1 atom stereocenters. The largest absolute Gasteiger partial charge is 0.489 e. The molecule has 0 amide bonds. The van der Waals surface area contributed by atoms with Crippen molar-refractivity contribution in [3.63, 3.8) is 0 Å². The van der Waals surface area contributed by atoms with Gasteiger partial charge in [0.2, 0.25) is 0 Å². The Kier molecular flexibility index (Phi) is 6.47. The zero-order valence-corrected chi connectivity index (χ0v) is 18.7. The van der Waals surface area contributed by atoms with Gasteiger partial charge >= 0.3 is 0 Å². The molecule has 0 unspecified atom stereocenters. The smallest absolute Gasteiger partial charge is 0.255 e. The van der Waals surface area contributed by atoms with Crippen LogP contribution in [0.5, 0.6) is 5.75 Å². The van der Waals surface area contributed by atoms with Crippen LogP contribution in [0.4, 0.5) is 0 Å². The number of hydrogen-bond acceptors (Lipinski definition) is 4. The summed E-state index contributed by atoms with van der Waals surface area (Å²) in [4.78, 5) is 14.7. The fraction of sp³-hybridized carbons (Fsp3) is 0.609. The van der Waals surface area contributed by atoms with Crippen molar-refractivity contribution in [2.45, 2.75) is 64.0 Å². The summed E-state index contributed by atoms with van der Waals surface area (Å²) in [6, 6.07) is 5.76. The molecule has 29 heavy (non-hydrogen) atoms. The quantitative estimate of drug-likeness (QED) is 0.663. The van der Waals surface area contributed by atoms with Gasteiger partial charge in [-0.2, -0.15) is 11.8 Å². The highest BCUT2D eigenvalue weighted by atomic mass is 35.5. The van der Waals surface area contributed by atoms with E-state index in [9.17, 15) is 4.79 Å². The summed E-state index contributed by atoms with van der Waals surface area (Å²) in [6.45, 7) is 2.23. The van der Waals surface area contributed by atoms with Gasteiger partial charge in [-0.3, -0.25) is 4.79 Å². The van der Waals surface area contributed by atoms with Crippen LogP contribution >= 0.6 is 23.4 Å². The van der Waals surface area contributed by atoms with E-state index in [1.165, 1.54) is 24.3 Å². The molecular formula is C23H31ClN2O2S. The fourth-order valence-corrected chi connectivity index (χ4v) is 6.78. The number of H-pyrrole nitrogens is 1. The Morgan fingerprint density at radius 2 is 2.00 bits per heavy atom. The molecule has 2 heterocycles. The summed E-state index contributed by atoms with van der Waals surface area (Å²) in [7, 11) is 0. The molecule has 0 radical (unpaired) electrons. The van der Waals surface area contributed by atoms with E-state index in [1.807, 2.05) is 12.1 Å². The van der Waals surface area contributed by atoms with E-state index in [-0.39, 0.29) is 23.1 Å². The summed E-state index contributed by atoms with van der Waals surface area (Å²) in [5, 5.41) is 1.95. The van der Waals surface area contributed by atoms with Crippen molar-refractivity contribution >= 4 is 34.1 Å². The Balaban J connectivity index is 1.49. The fourth-order valence-electron chi connectivity index (χ4n) is 5.47. The first-order valence-electron chi connectivity index (χ1n) is 10.8. The SMILES string of the molecule is CC[C@@H](N)C1(C2CCSCC2)CCC(Oc2cc3cc[nH]c(=O)c3cc2Cl)CC1. The molecule has 1 aliphatic carbocycles. The van der Waals surface area contributed by atoms with Gasteiger partial charge in [0, 0.05) is 17.6 Å². The molecule has 2 aliphatic rings. The van der Waals surface area contributed by atoms with Crippen molar-refractivity contribution in [1.29, 1.82) is 0 Å². The van der Waals surface area contributed by atoms with Crippen LogP contribution in [0, 0.1) is 11.3 Å². The molecule has 2 aromatic rings. The summed E-state index contributed by atoms with van der Waals surface area (Å²) in [5.41, 5.74) is 6.84. The van der Waals surface area contributed by atoms with Gasteiger partial charge in [0.25, 0.3) is 5.56 Å². The number of aromatic amines is 1. The van der Waals surface area contributed by atoms with Crippen LogP contribution in [0.25, 0.3) is 10.8 Å². The van der Waals surface area contributed by atoms with Crippen LogP contribution in [-0.4, -0.2) is 28.6 Å². The predicted octanol–water partition coefficient (Wildman–Crippen LogP) is 5.37. The monoisotopic (exact) mass is 434 g/mol. The first kappa shape index (κ1) is 21.1. The van der Waals surface area contributed by atoms with Gasteiger partial charge in [-0.25, -0.2) is 0 Å². The second-order valence-corrected chi connectivity index (χ2v) is 10.3. The van der Waals surface area contributed by atoms with Crippen molar-refractivity contribution in [2.24, 2.45) is 17.1 Å². The highest BCUT2D eigenvalue weighted by Crippen LogP contribution is 2.50. The zero-order valence-electron chi connectivity index (χ0n) is 17.1. The summed E-state index contributed by atoms with van der Waals surface area (Å²) in [6.07, 6.45) is 9.75. The standard InChI is InChI=1S/C23H31ClN2O2S/c1-2-21(25)23(16-6-11-29-12-7-16)8-3-17(4-9-23)28-20-13-15-5-10-26-22(27)18(15)14-19(20)24/h5,10,13-14,16-17,21H,2-4,6-9,11-12,25H2,1H3,(H,26,27)/t17?,21-,23?/m1/s1. The number of halogens is 1. The average Bonchev–Trinajstić information content (AvgIpc) is 2.76. The summed E-state index contributed by atoms with van der Waals surface area (Å²) >= 11 is 8.53. The molecule has 0 bridgehead atoms. The molecule has 1 saturated carbocycles. The van der Waals surface area contributed by atoms with Crippen LogP contribution < -0.4 is 16.0 Å². The third-order valence-corrected chi connectivity index (χ3v) is 8.54. The zero-order chi connectivity index (χ0) is 20.4. The number of thioether (sulfide) groups is 1. The van der Waals surface area contributed by atoms with Crippen LogP contribution in [0.2, 0.25) is 5.02 Å². The minimum atomic E-state index is -0.127. The molecule has 3 N–H and O–H groups in total. The van der Waals surface area contributed by atoms with Gasteiger partial charge in [0.15, 0.2) is 0 Å². The third kappa shape index (κ3) is 4.19. The van der Waals surface area contributed by atoms with Crippen molar-refractivity contribution in [3.05, 3.63) is 39.8 Å². The Morgan fingerprint density at radius 1 is 1.28 bits per heavy atom. The number of benzene rings is 1. The molecule has 1 saturated heterocycles. The number of nitrogens with two attached hydrogens (primary N) is 1. The maximum Gasteiger partial charge on any atom is 0.255 e. The van der Waals surface area contributed by atoms with Crippen LogP contribution in [0.3, 0.4) is 0 Å². The predicted molar refractivity (Wildman–Crippen MR) is 123 cm³/mol. The number of rotatable bonds is 5. The second-order valence-electron chi connectivity index (χ2n) is 8.63. The van der Waals surface area contributed by atoms with Crippen LogP contribution in [0.15, 0.2) is 29.2 Å². The number of pyridine rings is 1. The maximum absolute atomic E-state index is 12.0. The van der Waals surface area contributed by atoms with Crippen LogP contribution in [-0.2, 0) is 0 Å². The molecule has 1 aromatic heterocycles. The highest BCUT2D eigenvalue weighted by Gasteiger charge is 2.46. The summed E-state index contributed by atoms with van der Waals surface area (Å²) < 4.78 is 6.34. The van der Waals surface area contributed by atoms with E-state index in [2.05, 4.69) is 23.7 Å². The van der Waals surface area contributed by atoms with E-state index in [0.29, 0.717) is 16.2 Å². The Bertz CT molecular complexity index is 901. The molecular weight excluding hydrogens is 404 g/mol. The lowest BCUT2D eigenvalue weighted by atomic mass is 9.59. The number of nitrogens with one attached hydrogen (secondary N) is 1. The molecule has 4 nitrogen and oxygen atoms in total. The molecule has 1 aromatic carbocycles.